The number of aliphatic hydroxyl groups is 1. The molecule has 1 amide bonds. The first kappa shape index (κ1) is 21.8. The molecule has 2 aromatic carbocycles. The van der Waals surface area contributed by atoms with Gasteiger partial charge in [-0.05, 0) is 79.9 Å². The van der Waals surface area contributed by atoms with Crippen molar-refractivity contribution in [1.29, 1.82) is 0 Å². The van der Waals surface area contributed by atoms with Crippen molar-refractivity contribution in [2.24, 2.45) is 0 Å². The third-order valence-corrected chi connectivity index (χ3v) is 6.38. The first-order chi connectivity index (χ1) is 16.5. The molecule has 34 heavy (non-hydrogen) atoms. The zero-order chi connectivity index (χ0) is 23.7. The number of benzene rings is 2. The number of ketones is 1. The van der Waals surface area contributed by atoms with Gasteiger partial charge in [0.15, 0.2) is 0 Å². The van der Waals surface area contributed by atoms with E-state index in [0.717, 1.165) is 31.6 Å². The molecule has 7 heteroatoms. The minimum Gasteiger partial charge on any atom is -0.507 e. The van der Waals surface area contributed by atoms with E-state index in [2.05, 4.69) is 9.88 Å². The number of amides is 1. The third kappa shape index (κ3) is 3.94. The number of nitrogens with zero attached hydrogens (tertiary/aromatic N) is 3. The number of anilines is 2. The fourth-order valence-corrected chi connectivity index (χ4v) is 4.66. The van der Waals surface area contributed by atoms with Crippen molar-refractivity contribution in [3.63, 3.8) is 0 Å². The zero-order valence-corrected chi connectivity index (χ0v) is 18.5. The monoisotopic (exact) mass is 457 g/mol. The van der Waals surface area contributed by atoms with E-state index >= 15 is 0 Å². The summed E-state index contributed by atoms with van der Waals surface area (Å²) in [5.41, 5.74) is 2.24. The summed E-state index contributed by atoms with van der Waals surface area (Å²) in [7, 11) is 0. The Bertz CT molecular complexity index is 1230. The predicted octanol–water partition coefficient (Wildman–Crippen LogP) is 4.84. The Balaban J connectivity index is 1.59. The van der Waals surface area contributed by atoms with Crippen LogP contribution < -0.4 is 9.80 Å². The van der Waals surface area contributed by atoms with E-state index in [-0.39, 0.29) is 16.9 Å². The Hall–Kier alpha value is -4.00. The number of aromatic nitrogens is 1. The van der Waals surface area contributed by atoms with Crippen LogP contribution in [0.25, 0.3) is 5.76 Å². The molecule has 1 unspecified atom stereocenters. The number of piperidine rings is 1. The molecule has 0 radical (unpaired) electrons. The summed E-state index contributed by atoms with van der Waals surface area (Å²) in [6.07, 6.45) is 5.11. The van der Waals surface area contributed by atoms with E-state index in [9.17, 15) is 19.1 Å². The lowest BCUT2D eigenvalue weighted by molar-refractivity contribution is -0.132. The number of hydrogen-bond acceptors (Lipinski definition) is 5. The molecular formula is C27H24FN3O3. The number of halogens is 1. The van der Waals surface area contributed by atoms with Crippen molar-refractivity contribution < 1.29 is 19.1 Å². The zero-order valence-electron chi connectivity index (χ0n) is 18.5. The van der Waals surface area contributed by atoms with Crippen LogP contribution in [0.1, 0.15) is 36.6 Å². The van der Waals surface area contributed by atoms with E-state index in [4.69, 9.17) is 0 Å². The quantitative estimate of drug-likeness (QED) is 0.345. The average molecular weight is 458 g/mol. The van der Waals surface area contributed by atoms with E-state index in [0.29, 0.717) is 11.4 Å². The number of carbonyl (C=O) groups is 2. The Kier molecular flexibility index (Phi) is 5.84. The lowest BCUT2D eigenvalue weighted by Gasteiger charge is -2.30. The van der Waals surface area contributed by atoms with Crippen LogP contribution in [0.15, 0.2) is 78.5 Å². The van der Waals surface area contributed by atoms with Crippen molar-refractivity contribution >= 4 is 28.8 Å². The molecular weight excluding hydrogens is 433 g/mol. The maximum atomic E-state index is 13.4. The summed E-state index contributed by atoms with van der Waals surface area (Å²) < 4.78 is 13.4. The number of Topliss-reactive ketones (excluding diaryl/α,β-unsaturated/α-hetero) is 1. The molecule has 2 fully saturated rings. The van der Waals surface area contributed by atoms with Crippen LogP contribution in [0.2, 0.25) is 0 Å². The molecule has 6 nitrogen and oxygen atoms in total. The summed E-state index contributed by atoms with van der Waals surface area (Å²) >= 11 is 0. The second kappa shape index (κ2) is 9.09. The van der Waals surface area contributed by atoms with Gasteiger partial charge in [0, 0.05) is 36.2 Å². The Labute approximate surface area is 197 Å². The van der Waals surface area contributed by atoms with Crippen LogP contribution in [0.4, 0.5) is 15.8 Å². The summed E-state index contributed by atoms with van der Waals surface area (Å²) in [6, 6.07) is 17.0. The minimum absolute atomic E-state index is 0.0737. The highest BCUT2D eigenvalue weighted by molar-refractivity contribution is 6.51. The molecule has 0 aliphatic carbocycles. The average Bonchev–Trinajstić information content (AvgIpc) is 3.15. The van der Waals surface area contributed by atoms with Crippen LogP contribution in [0.5, 0.6) is 0 Å². The standard InChI is InChI=1S/C27H24FN3O3/c28-19-9-7-18(8-10-19)25(32)23-24(22-6-2-3-15-29-22)31(27(34)26(23)33)21-13-11-20(12-14-21)30-16-4-1-5-17-30/h2-3,6-15,24,32H,1,4-5,16-17H2/b25-23+. The number of aliphatic hydroxyl groups excluding tert-OH is 1. The van der Waals surface area contributed by atoms with Gasteiger partial charge in [0.05, 0.1) is 11.3 Å². The van der Waals surface area contributed by atoms with Gasteiger partial charge in [-0.1, -0.05) is 6.07 Å². The smallest absolute Gasteiger partial charge is 0.300 e. The summed E-state index contributed by atoms with van der Waals surface area (Å²) in [4.78, 5) is 34.4. The number of carbonyl (C=O) groups excluding carboxylic acids is 2. The van der Waals surface area contributed by atoms with Crippen molar-refractivity contribution in [3.8, 4) is 0 Å². The molecule has 2 saturated heterocycles. The Morgan fingerprint density at radius 3 is 2.21 bits per heavy atom. The van der Waals surface area contributed by atoms with Gasteiger partial charge in [-0.2, -0.15) is 0 Å². The van der Waals surface area contributed by atoms with Gasteiger partial charge in [0.2, 0.25) is 0 Å². The van der Waals surface area contributed by atoms with Gasteiger partial charge in [0.1, 0.15) is 17.6 Å². The van der Waals surface area contributed by atoms with Crippen LogP contribution in [0.3, 0.4) is 0 Å². The van der Waals surface area contributed by atoms with Crippen molar-refractivity contribution in [2.75, 3.05) is 22.9 Å². The highest BCUT2D eigenvalue weighted by Crippen LogP contribution is 2.41. The largest absolute Gasteiger partial charge is 0.507 e. The first-order valence-corrected chi connectivity index (χ1v) is 11.4. The van der Waals surface area contributed by atoms with Gasteiger partial charge in [-0.15, -0.1) is 0 Å². The molecule has 172 valence electrons. The molecule has 0 saturated carbocycles. The van der Waals surface area contributed by atoms with Crippen molar-refractivity contribution in [3.05, 3.63) is 95.6 Å². The lowest BCUT2D eigenvalue weighted by Crippen LogP contribution is -2.31. The van der Waals surface area contributed by atoms with Gasteiger partial charge >= 0.3 is 0 Å². The normalized spacial score (nSPS) is 20.1. The molecule has 1 atom stereocenters. The second-order valence-electron chi connectivity index (χ2n) is 8.49. The molecule has 1 N–H and O–H groups in total. The van der Waals surface area contributed by atoms with Gasteiger partial charge in [-0.3, -0.25) is 19.5 Å². The fraction of sp³-hybridized carbons (Fsp3) is 0.222. The molecule has 1 aromatic heterocycles. The SMILES string of the molecule is O=C1C(=O)N(c2ccc(N3CCCCC3)cc2)C(c2ccccn2)/C1=C(\O)c1ccc(F)cc1. The van der Waals surface area contributed by atoms with Gasteiger partial charge in [0.25, 0.3) is 11.7 Å². The fourth-order valence-electron chi connectivity index (χ4n) is 4.66. The maximum absolute atomic E-state index is 13.4. The predicted molar refractivity (Wildman–Crippen MR) is 128 cm³/mol. The highest BCUT2D eigenvalue weighted by atomic mass is 19.1. The van der Waals surface area contributed by atoms with E-state index in [1.54, 1.807) is 24.4 Å². The van der Waals surface area contributed by atoms with Crippen molar-refractivity contribution in [1.82, 2.24) is 4.98 Å². The van der Waals surface area contributed by atoms with Gasteiger partial charge < -0.3 is 10.0 Å². The van der Waals surface area contributed by atoms with E-state index in [1.807, 2.05) is 24.3 Å². The molecule has 5 rings (SSSR count). The Morgan fingerprint density at radius 1 is 0.882 bits per heavy atom. The lowest BCUT2D eigenvalue weighted by atomic mass is 9.98. The summed E-state index contributed by atoms with van der Waals surface area (Å²) in [5.74, 6) is -2.38. The summed E-state index contributed by atoms with van der Waals surface area (Å²) in [5, 5.41) is 11.0. The Morgan fingerprint density at radius 2 is 1.56 bits per heavy atom. The second-order valence-corrected chi connectivity index (χ2v) is 8.49. The number of pyridine rings is 1. The molecule has 2 aliphatic heterocycles. The molecule has 0 spiro atoms. The minimum atomic E-state index is -0.910. The topological polar surface area (TPSA) is 73.7 Å². The molecule has 2 aliphatic rings. The van der Waals surface area contributed by atoms with Crippen LogP contribution in [-0.4, -0.2) is 34.9 Å². The number of hydrogen-bond donors (Lipinski definition) is 1. The molecule has 3 heterocycles. The molecule has 3 aromatic rings. The maximum Gasteiger partial charge on any atom is 0.300 e. The van der Waals surface area contributed by atoms with Crippen LogP contribution in [0, 0.1) is 5.82 Å². The highest BCUT2D eigenvalue weighted by Gasteiger charge is 2.47. The van der Waals surface area contributed by atoms with Gasteiger partial charge in [-0.25, -0.2) is 4.39 Å². The van der Waals surface area contributed by atoms with E-state index in [1.165, 1.54) is 35.6 Å². The van der Waals surface area contributed by atoms with Crippen LogP contribution in [-0.2, 0) is 9.59 Å². The number of rotatable bonds is 4. The first-order valence-electron chi connectivity index (χ1n) is 11.4. The summed E-state index contributed by atoms with van der Waals surface area (Å²) in [6.45, 7) is 1.99. The van der Waals surface area contributed by atoms with E-state index < -0.39 is 23.5 Å². The molecule has 0 bridgehead atoms. The van der Waals surface area contributed by atoms with Crippen LogP contribution >= 0.6 is 0 Å². The third-order valence-electron chi connectivity index (χ3n) is 6.38. The van der Waals surface area contributed by atoms with Crippen molar-refractivity contribution in [2.45, 2.75) is 25.3 Å².